The average molecular weight is 381 g/mol. The zero-order chi connectivity index (χ0) is 19.7. The van der Waals surface area contributed by atoms with Gasteiger partial charge in [0.25, 0.3) is 5.91 Å². The number of nitrogens with one attached hydrogen (secondary N) is 1. The number of carbonyl (C=O) groups is 2. The number of benzene rings is 2. The number of anilines is 2. The van der Waals surface area contributed by atoms with E-state index in [1.807, 2.05) is 31.2 Å². The molecule has 1 atom stereocenters. The second-order valence-corrected chi connectivity index (χ2v) is 7.24. The van der Waals surface area contributed by atoms with Crippen LogP contribution in [0.25, 0.3) is 0 Å². The number of hydrogen-bond acceptors (Lipinski definition) is 5. The summed E-state index contributed by atoms with van der Waals surface area (Å²) in [6, 6.07) is 10.8. The number of piperidine rings is 1. The highest BCUT2D eigenvalue weighted by Gasteiger charge is 2.29. The zero-order valence-corrected chi connectivity index (χ0v) is 15.7. The lowest BCUT2D eigenvalue weighted by atomic mass is 9.96. The van der Waals surface area contributed by atoms with E-state index in [2.05, 4.69) is 5.32 Å². The highest BCUT2D eigenvalue weighted by Crippen LogP contribution is 2.38. The molecular formula is C21H23N3O4. The largest absolute Gasteiger partial charge is 0.454 e. The number of nitrogens with zero attached hydrogens (tertiary/aromatic N) is 1. The Kier molecular flexibility index (Phi) is 4.81. The van der Waals surface area contributed by atoms with E-state index >= 15 is 0 Å². The van der Waals surface area contributed by atoms with Gasteiger partial charge in [0, 0.05) is 30.8 Å². The standard InChI is InChI=1S/C21H23N3O4/c1-13-4-6-14(7-5-13)21(26)24-8-2-3-15(11-24)20(25)23-17-10-19-18(9-16(17)22)27-12-28-19/h4-7,9-10,15H,2-3,8,11-12,22H2,1H3,(H,23,25). The van der Waals surface area contributed by atoms with Gasteiger partial charge in [-0.1, -0.05) is 17.7 Å². The molecule has 1 saturated heterocycles. The predicted molar refractivity (Wildman–Crippen MR) is 105 cm³/mol. The lowest BCUT2D eigenvalue weighted by Gasteiger charge is -2.32. The van der Waals surface area contributed by atoms with Gasteiger partial charge in [0.15, 0.2) is 11.5 Å². The molecule has 2 aromatic carbocycles. The molecule has 0 spiro atoms. The summed E-state index contributed by atoms with van der Waals surface area (Å²) in [4.78, 5) is 27.3. The number of amides is 2. The monoisotopic (exact) mass is 381 g/mol. The van der Waals surface area contributed by atoms with Gasteiger partial charge in [0.05, 0.1) is 17.3 Å². The van der Waals surface area contributed by atoms with Crippen LogP contribution in [-0.4, -0.2) is 36.6 Å². The van der Waals surface area contributed by atoms with Crippen molar-refractivity contribution in [3.63, 3.8) is 0 Å². The summed E-state index contributed by atoms with van der Waals surface area (Å²) in [5.41, 5.74) is 8.68. The van der Waals surface area contributed by atoms with Crippen LogP contribution in [0, 0.1) is 12.8 Å². The molecule has 0 aromatic heterocycles. The molecule has 2 aliphatic rings. The first-order valence-corrected chi connectivity index (χ1v) is 9.37. The molecule has 2 aliphatic heterocycles. The zero-order valence-electron chi connectivity index (χ0n) is 15.7. The Bertz CT molecular complexity index is 911. The Balaban J connectivity index is 1.43. The Morgan fingerprint density at radius 3 is 2.61 bits per heavy atom. The third-order valence-corrected chi connectivity index (χ3v) is 5.18. The summed E-state index contributed by atoms with van der Waals surface area (Å²) in [5, 5.41) is 2.88. The Hall–Kier alpha value is -3.22. The van der Waals surface area contributed by atoms with E-state index in [-0.39, 0.29) is 24.5 Å². The number of ether oxygens (including phenoxy) is 2. The van der Waals surface area contributed by atoms with E-state index in [4.69, 9.17) is 15.2 Å². The van der Waals surface area contributed by atoms with Gasteiger partial charge in [-0.15, -0.1) is 0 Å². The molecule has 0 bridgehead atoms. The third kappa shape index (κ3) is 3.60. The van der Waals surface area contributed by atoms with Crippen molar-refractivity contribution in [3.8, 4) is 11.5 Å². The van der Waals surface area contributed by atoms with E-state index in [1.54, 1.807) is 17.0 Å². The van der Waals surface area contributed by atoms with E-state index in [1.165, 1.54) is 0 Å². The van der Waals surface area contributed by atoms with Crippen LogP contribution in [0.1, 0.15) is 28.8 Å². The maximum absolute atomic E-state index is 12.8. The third-order valence-electron chi connectivity index (χ3n) is 5.18. The number of hydrogen-bond donors (Lipinski definition) is 2. The molecule has 1 unspecified atom stereocenters. The lowest BCUT2D eigenvalue weighted by molar-refractivity contribution is -0.121. The summed E-state index contributed by atoms with van der Waals surface area (Å²) in [6.07, 6.45) is 1.51. The SMILES string of the molecule is Cc1ccc(C(=O)N2CCCC(C(=O)Nc3cc4c(cc3N)OCO4)C2)cc1. The topological polar surface area (TPSA) is 93.9 Å². The number of nitrogens with two attached hydrogens (primary N) is 1. The highest BCUT2D eigenvalue weighted by molar-refractivity contribution is 5.98. The molecule has 0 saturated carbocycles. The van der Waals surface area contributed by atoms with Crippen LogP contribution >= 0.6 is 0 Å². The van der Waals surface area contributed by atoms with Crippen LogP contribution in [0.15, 0.2) is 36.4 Å². The van der Waals surface area contributed by atoms with Crippen molar-refractivity contribution in [1.29, 1.82) is 0 Å². The predicted octanol–water partition coefficient (Wildman–Crippen LogP) is 2.80. The minimum atomic E-state index is -0.284. The molecule has 1 fully saturated rings. The highest BCUT2D eigenvalue weighted by atomic mass is 16.7. The number of carbonyl (C=O) groups excluding carboxylic acids is 2. The van der Waals surface area contributed by atoms with Crippen molar-refractivity contribution in [2.45, 2.75) is 19.8 Å². The van der Waals surface area contributed by atoms with Gasteiger partial charge in [-0.25, -0.2) is 0 Å². The van der Waals surface area contributed by atoms with Crippen molar-refractivity contribution < 1.29 is 19.1 Å². The van der Waals surface area contributed by atoms with Gasteiger partial charge in [-0.3, -0.25) is 9.59 Å². The van der Waals surface area contributed by atoms with Gasteiger partial charge in [0.2, 0.25) is 12.7 Å². The Morgan fingerprint density at radius 2 is 1.86 bits per heavy atom. The fourth-order valence-electron chi connectivity index (χ4n) is 3.56. The Labute approximate surface area is 163 Å². The molecule has 2 heterocycles. The molecule has 146 valence electrons. The second-order valence-electron chi connectivity index (χ2n) is 7.24. The summed E-state index contributed by atoms with van der Waals surface area (Å²) in [7, 11) is 0. The molecule has 0 aliphatic carbocycles. The minimum absolute atomic E-state index is 0.0416. The minimum Gasteiger partial charge on any atom is -0.454 e. The quantitative estimate of drug-likeness (QED) is 0.798. The van der Waals surface area contributed by atoms with Crippen LogP contribution in [0.5, 0.6) is 11.5 Å². The lowest BCUT2D eigenvalue weighted by Crippen LogP contribution is -2.43. The summed E-state index contributed by atoms with van der Waals surface area (Å²) in [5.74, 6) is 0.660. The van der Waals surface area contributed by atoms with Gasteiger partial charge < -0.3 is 25.4 Å². The first-order chi connectivity index (χ1) is 13.5. The average Bonchev–Trinajstić information content (AvgIpc) is 3.15. The maximum atomic E-state index is 12.8. The molecule has 7 heteroatoms. The molecule has 0 radical (unpaired) electrons. The molecular weight excluding hydrogens is 358 g/mol. The number of likely N-dealkylation sites (tertiary alicyclic amines) is 1. The molecule has 7 nitrogen and oxygen atoms in total. The number of fused-ring (bicyclic) bond motifs is 1. The van der Waals surface area contributed by atoms with Crippen LogP contribution in [-0.2, 0) is 4.79 Å². The molecule has 2 amide bonds. The summed E-state index contributed by atoms with van der Waals surface area (Å²) in [6.45, 7) is 3.17. The first-order valence-electron chi connectivity index (χ1n) is 9.37. The van der Waals surface area contributed by atoms with Crippen LogP contribution < -0.4 is 20.5 Å². The van der Waals surface area contributed by atoms with Crippen LogP contribution in [0.2, 0.25) is 0 Å². The maximum Gasteiger partial charge on any atom is 0.253 e. The van der Waals surface area contributed by atoms with Crippen molar-refractivity contribution in [1.82, 2.24) is 4.90 Å². The summed E-state index contributed by atoms with van der Waals surface area (Å²) < 4.78 is 10.6. The van der Waals surface area contributed by atoms with E-state index < -0.39 is 0 Å². The van der Waals surface area contributed by atoms with Crippen molar-refractivity contribution >= 4 is 23.2 Å². The molecule has 2 aromatic rings. The Morgan fingerprint density at radius 1 is 1.14 bits per heavy atom. The number of aryl methyl sites for hydroxylation is 1. The van der Waals surface area contributed by atoms with E-state index in [0.29, 0.717) is 41.5 Å². The number of rotatable bonds is 3. The smallest absolute Gasteiger partial charge is 0.253 e. The van der Waals surface area contributed by atoms with E-state index in [0.717, 1.165) is 18.4 Å². The van der Waals surface area contributed by atoms with Crippen molar-refractivity contribution in [2.24, 2.45) is 5.92 Å². The molecule has 28 heavy (non-hydrogen) atoms. The number of nitrogen functional groups attached to an aromatic ring is 1. The van der Waals surface area contributed by atoms with Crippen molar-refractivity contribution in [2.75, 3.05) is 30.9 Å². The molecule has 4 rings (SSSR count). The second kappa shape index (κ2) is 7.42. The van der Waals surface area contributed by atoms with Crippen LogP contribution in [0.4, 0.5) is 11.4 Å². The fraction of sp³-hybridized carbons (Fsp3) is 0.333. The summed E-state index contributed by atoms with van der Waals surface area (Å²) >= 11 is 0. The first kappa shape index (κ1) is 18.2. The molecule has 3 N–H and O–H groups in total. The van der Waals surface area contributed by atoms with Crippen molar-refractivity contribution in [3.05, 3.63) is 47.5 Å². The van der Waals surface area contributed by atoms with Gasteiger partial charge in [-0.05, 0) is 31.9 Å². The van der Waals surface area contributed by atoms with Crippen LogP contribution in [0.3, 0.4) is 0 Å². The fourth-order valence-corrected chi connectivity index (χ4v) is 3.56. The van der Waals surface area contributed by atoms with Gasteiger partial charge in [0.1, 0.15) is 0 Å². The van der Waals surface area contributed by atoms with Gasteiger partial charge in [-0.2, -0.15) is 0 Å². The van der Waals surface area contributed by atoms with E-state index in [9.17, 15) is 9.59 Å². The normalized spacial score (nSPS) is 18.0. The van der Waals surface area contributed by atoms with Gasteiger partial charge >= 0.3 is 0 Å².